The number of aliphatic hydroxyl groups is 1. The zero-order chi connectivity index (χ0) is 11.3. The first-order valence-corrected chi connectivity index (χ1v) is 5.49. The number of rotatable bonds is 6. The van der Waals surface area contributed by atoms with Crippen molar-refractivity contribution in [3.63, 3.8) is 0 Å². The fourth-order valence-corrected chi connectivity index (χ4v) is 1.55. The van der Waals surface area contributed by atoms with Crippen molar-refractivity contribution >= 4 is 0 Å². The van der Waals surface area contributed by atoms with E-state index in [4.69, 9.17) is 0 Å². The Balaban J connectivity index is 2.56. The average molecular weight is 211 g/mol. The van der Waals surface area contributed by atoms with E-state index in [-0.39, 0.29) is 0 Å². The molecule has 1 aromatic rings. The molecule has 4 heteroatoms. The Labute approximate surface area is 91.5 Å². The quantitative estimate of drug-likeness (QED) is 0.770. The van der Waals surface area contributed by atoms with E-state index in [1.165, 1.54) is 0 Å². The molecule has 0 aliphatic rings. The minimum atomic E-state index is -0.401. The maximum atomic E-state index is 9.98. The van der Waals surface area contributed by atoms with Gasteiger partial charge >= 0.3 is 0 Å². The molecule has 1 aromatic heterocycles. The lowest BCUT2D eigenvalue weighted by Gasteiger charge is -2.15. The molecule has 1 unspecified atom stereocenters. The van der Waals surface area contributed by atoms with Crippen LogP contribution in [0.1, 0.15) is 31.6 Å². The van der Waals surface area contributed by atoms with Crippen LogP contribution in [0.5, 0.6) is 0 Å². The molecule has 0 radical (unpaired) electrons. The molecule has 0 aliphatic heterocycles. The van der Waals surface area contributed by atoms with Gasteiger partial charge in [-0.25, -0.2) is 0 Å². The van der Waals surface area contributed by atoms with E-state index in [1.807, 2.05) is 24.8 Å². The van der Waals surface area contributed by atoms with Crippen LogP contribution in [-0.2, 0) is 6.54 Å². The molecule has 0 bridgehead atoms. The Morgan fingerprint density at radius 3 is 2.87 bits per heavy atom. The standard InChI is InChI=1S/C11H21N3O/c1-4-8-14-10(5-7-12-14)11(15)6-9-13(2)3/h5,7,11,15H,4,6,8-9H2,1-3H3. The monoisotopic (exact) mass is 211 g/mol. The van der Waals surface area contributed by atoms with E-state index in [0.29, 0.717) is 0 Å². The van der Waals surface area contributed by atoms with Gasteiger partial charge in [0.1, 0.15) is 0 Å². The predicted molar refractivity (Wildman–Crippen MR) is 60.6 cm³/mol. The molecule has 1 atom stereocenters. The SMILES string of the molecule is CCCn1nccc1C(O)CCN(C)C. The second kappa shape index (κ2) is 5.88. The third kappa shape index (κ3) is 3.64. The number of nitrogens with zero attached hydrogens (tertiary/aromatic N) is 3. The minimum absolute atomic E-state index is 0.401. The van der Waals surface area contributed by atoms with Crippen molar-refractivity contribution in [2.75, 3.05) is 20.6 Å². The van der Waals surface area contributed by atoms with Crippen molar-refractivity contribution in [3.05, 3.63) is 18.0 Å². The maximum Gasteiger partial charge on any atom is 0.0968 e. The fourth-order valence-electron chi connectivity index (χ4n) is 1.55. The zero-order valence-corrected chi connectivity index (χ0v) is 9.85. The molecule has 0 amide bonds. The second-order valence-corrected chi connectivity index (χ2v) is 4.09. The fraction of sp³-hybridized carbons (Fsp3) is 0.727. The molecule has 0 saturated heterocycles. The molecule has 86 valence electrons. The highest BCUT2D eigenvalue weighted by atomic mass is 16.3. The third-order valence-corrected chi connectivity index (χ3v) is 2.38. The van der Waals surface area contributed by atoms with Crippen molar-refractivity contribution in [3.8, 4) is 0 Å². The minimum Gasteiger partial charge on any atom is -0.387 e. The van der Waals surface area contributed by atoms with Gasteiger partial charge in [0.05, 0.1) is 11.8 Å². The van der Waals surface area contributed by atoms with Crippen LogP contribution in [0.25, 0.3) is 0 Å². The van der Waals surface area contributed by atoms with Crippen molar-refractivity contribution in [1.29, 1.82) is 0 Å². The van der Waals surface area contributed by atoms with Gasteiger partial charge in [0.2, 0.25) is 0 Å². The Morgan fingerprint density at radius 1 is 1.53 bits per heavy atom. The van der Waals surface area contributed by atoms with Gasteiger partial charge in [-0.3, -0.25) is 4.68 Å². The summed E-state index contributed by atoms with van der Waals surface area (Å²) >= 11 is 0. The highest BCUT2D eigenvalue weighted by molar-refractivity contribution is 5.04. The summed E-state index contributed by atoms with van der Waals surface area (Å²) in [5, 5.41) is 14.2. The summed E-state index contributed by atoms with van der Waals surface area (Å²) in [5.41, 5.74) is 0.929. The first kappa shape index (κ1) is 12.2. The topological polar surface area (TPSA) is 41.3 Å². The van der Waals surface area contributed by atoms with Crippen molar-refractivity contribution < 1.29 is 5.11 Å². The first-order chi connectivity index (χ1) is 7.15. The molecule has 15 heavy (non-hydrogen) atoms. The number of hydrogen-bond donors (Lipinski definition) is 1. The predicted octanol–water partition coefficient (Wildman–Crippen LogP) is 1.28. The summed E-state index contributed by atoms with van der Waals surface area (Å²) in [6.45, 7) is 3.87. The normalized spacial score (nSPS) is 13.4. The molecule has 0 fully saturated rings. The smallest absolute Gasteiger partial charge is 0.0968 e. The van der Waals surface area contributed by atoms with Crippen LogP contribution in [0.3, 0.4) is 0 Å². The van der Waals surface area contributed by atoms with Gasteiger partial charge in [0, 0.05) is 19.3 Å². The van der Waals surface area contributed by atoms with Crippen molar-refractivity contribution in [2.45, 2.75) is 32.4 Å². The Morgan fingerprint density at radius 2 is 2.27 bits per heavy atom. The Kier molecular flexibility index (Phi) is 4.78. The van der Waals surface area contributed by atoms with Crippen LogP contribution < -0.4 is 0 Å². The largest absolute Gasteiger partial charge is 0.387 e. The highest BCUT2D eigenvalue weighted by Gasteiger charge is 2.12. The average Bonchev–Trinajstić information content (AvgIpc) is 2.63. The number of aliphatic hydroxyl groups excluding tert-OH is 1. The van der Waals surface area contributed by atoms with Gasteiger partial charge in [-0.1, -0.05) is 6.92 Å². The molecular formula is C11H21N3O. The van der Waals surface area contributed by atoms with Crippen LogP contribution in [0, 0.1) is 0 Å². The summed E-state index contributed by atoms with van der Waals surface area (Å²) in [7, 11) is 4.02. The van der Waals surface area contributed by atoms with Crippen molar-refractivity contribution in [1.82, 2.24) is 14.7 Å². The molecule has 1 N–H and O–H groups in total. The third-order valence-electron chi connectivity index (χ3n) is 2.38. The lowest BCUT2D eigenvalue weighted by Crippen LogP contribution is -2.17. The van der Waals surface area contributed by atoms with E-state index < -0.39 is 6.10 Å². The molecular weight excluding hydrogens is 190 g/mol. The van der Waals surface area contributed by atoms with E-state index >= 15 is 0 Å². The van der Waals surface area contributed by atoms with Crippen LogP contribution >= 0.6 is 0 Å². The van der Waals surface area contributed by atoms with Gasteiger partial charge in [-0.15, -0.1) is 0 Å². The molecule has 0 aromatic carbocycles. The van der Waals surface area contributed by atoms with Crippen LogP contribution in [0.15, 0.2) is 12.3 Å². The zero-order valence-electron chi connectivity index (χ0n) is 9.85. The number of aromatic nitrogens is 2. The number of aryl methyl sites for hydroxylation is 1. The Hall–Kier alpha value is -0.870. The summed E-state index contributed by atoms with van der Waals surface area (Å²) in [4.78, 5) is 2.07. The summed E-state index contributed by atoms with van der Waals surface area (Å²) in [5.74, 6) is 0. The van der Waals surface area contributed by atoms with Gasteiger partial charge in [0.15, 0.2) is 0 Å². The van der Waals surface area contributed by atoms with Gasteiger partial charge in [-0.2, -0.15) is 5.10 Å². The van der Waals surface area contributed by atoms with Crippen LogP contribution in [0.4, 0.5) is 0 Å². The molecule has 0 saturated carbocycles. The molecule has 1 heterocycles. The molecule has 0 aliphatic carbocycles. The highest BCUT2D eigenvalue weighted by Crippen LogP contribution is 2.16. The van der Waals surface area contributed by atoms with Crippen LogP contribution in [-0.4, -0.2) is 40.4 Å². The van der Waals surface area contributed by atoms with Gasteiger partial charge < -0.3 is 10.0 Å². The second-order valence-electron chi connectivity index (χ2n) is 4.09. The van der Waals surface area contributed by atoms with E-state index in [1.54, 1.807) is 6.20 Å². The van der Waals surface area contributed by atoms with E-state index in [0.717, 1.165) is 31.6 Å². The van der Waals surface area contributed by atoms with E-state index in [2.05, 4.69) is 16.9 Å². The Bertz CT molecular complexity index is 283. The number of hydrogen-bond acceptors (Lipinski definition) is 3. The van der Waals surface area contributed by atoms with Gasteiger partial charge in [0.25, 0.3) is 0 Å². The molecule has 1 rings (SSSR count). The lowest BCUT2D eigenvalue weighted by molar-refractivity contribution is 0.144. The van der Waals surface area contributed by atoms with Crippen LogP contribution in [0.2, 0.25) is 0 Å². The first-order valence-electron chi connectivity index (χ1n) is 5.49. The summed E-state index contributed by atoms with van der Waals surface area (Å²) < 4.78 is 1.89. The van der Waals surface area contributed by atoms with Gasteiger partial charge in [-0.05, 0) is 33.0 Å². The van der Waals surface area contributed by atoms with E-state index in [9.17, 15) is 5.11 Å². The lowest BCUT2D eigenvalue weighted by atomic mass is 10.2. The summed E-state index contributed by atoms with van der Waals surface area (Å²) in [6.07, 6.45) is 3.14. The summed E-state index contributed by atoms with van der Waals surface area (Å²) in [6, 6.07) is 1.90. The van der Waals surface area contributed by atoms with Crippen molar-refractivity contribution in [2.24, 2.45) is 0 Å². The molecule has 0 spiro atoms. The molecule has 4 nitrogen and oxygen atoms in total. The maximum absolute atomic E-state index is 9.98.